The molecule has 0 radical (unpaired) electrons. The largest absolute Gasteiger partial charge is 0.471 e. The van der Waals surface area contributed by atoms with Gasteiger partial charge in [0.05, 0.1) is 11.7 Å². The van der Waals surface area contributed by atoms with E-state index in [1.54, 1.807) is 0 Å². The van der Waals surface area contributed by atoms with Gasteiger partial charge in [0, 0.05) is 39.1 Å². The summed E-state index contributed by atoms with van der Waals surface area (Å²) in [5, 5.41) is 4.60. The van der Waals surface area contributed by atoms with E-state index in [0.29, 0.717) is 15.9 Å². The van der Waals surface area contributed by atoms with E-state index < -0.39 is 0 Å². The average Bonchev–Trinajstić information content (AvgIpc) is 2.84. The van der Waals surface area contributed by atoms with Crippen LogP contribution < -0.4 is 10.1 Å². The average molecular weight is 509 g/mol. The summed E-state index contributed by atoms with van der Waals surface area (Å²) in [7, 11) is 0. The molecule has 5 rings (SSSR count). The molecule has 1 fully saturated rings. The van der Waals surface area contributed by atoms with Gasteiger partial charge >= 0.3 is 0 Å². The van der Waals surface area contributed by atoms with Gasteiger partial charge in [-0.2, -0.15) is 0 Å². The molecule has 0 saturated heterocycles. The molecule has 1 N–H and O–H groups in total. The third-order valence-electron chi connectivity index (χ3n) is 7.17. The van der Waals surface area contributed by atoms with Crippen LogP contribution in [0.15, 0.2) is 54.6 Å². The van der Waals surface area contributed by atoms with Gasteiger partial charge in [0.25, 0.3) is 0 Å². The zero-order chi connectivity index (χ0) is 24.6. The molecule has 4 nitrogen and oxygen atoms in total. The predicted molar refractivity (Wildman–Crippen MR) is 142 cm³/mol. The van der Waals surface area contributed by atoms with E-state index in [4.69, 9.17) is 32.9 Å². The highest BCUT2D eigenvalue weighted by Crippen LogP contribution is 2.48. The smallest absolute Gasteiger partial charge is 0.223 e. The minimum Gasteiger partial charge on any atom is -0.471 e. The van der Waals surface area contributed by atoms with Gasteiger partial charge in [-0.1, -0.05) is 73.8 Å². The van der Waals surface area contributed by atoms with E-state index in [-0.39, 0.29) is 23.5 Å². The topological polar surface area (TPSA) is 51.2 Å². The first kappa shape index (κ1) is 24.1. The fraction of sp³-hybridized carbons (Fsp3) is 0.379. The van der Waals surface area contributed by atoms with E-state index >= 15 is 0 Å². The summed E-state index contributed by atoms with van der Waals surface area (Å²) in [5.41, 5.74) is 4.13. The van der Waals surface area contributed by atoms with E-state index in [0.717, 1.165) is 60.1 Å². The van der Waals surface area contributed by atoms with Crippen molar-refractivity contribution >= 4 is 29.1 Å². The number of hydrogen-bond acceptors (Lipinski definition) is 3. The normalized spacial score (nSPS) is 18.7. The molecule has 2 heterocycles. The van der Waals surface area contributed by atoms with Crippen molar-refractivity contribution in [2.24, 2.45) is 5.92 Å². The summed E-state index contributed by atoms with van der Waals surface area (Å²) in [6, 6.07) is 17.4. The standard InChI is InChI=1S/C29H30Cl2N2O2/c1-18(2)27(34)32-25-17-29(14-6-3-7-15-29)35-28-23(25)16-22(19-10-12-20(30)13-11-19)26(33-28)21-8-4-5-9-24(21)31/h4-5,8-13,16,18,25H,3,6-7,14-15,17H2,1-2H3,(H,32,34). The van der Waals surface area contributed by atoms with Gasteiger partial charge < -0.3 is 10.1 Å². The fourth-order valence-corrected chi connectivity index (χ4v) is 5.60. The SMILES string of the molecule is CC(C)C(=O)NC1CC2(CCCCC2)Oc2nc(-c3ccccc3Cl)c(-c3ccc(Cl)cc3)cc21. The van der Waals surface area contributed by atoms with E-state index in [9.17, 15) is 4.79 Å². The van der Waals surface area contributed by atoms with Crippen molar-refractivity contribution in [3.63, 3.8) is 0 Å². The Morgan fingerprint density at radius 1 is 1.03 bits per heavy atom. The van der Waals surface area contributed by atoms with Gasteiger partial charge in [-0.3, -0.25) is 4.79 Å². The van der Waals surface area contributed by atoms with Crippen molar-refractivity contribution in [1.29, 1.82) is 0 Å². The van der Waals surface area contributed by atoms with Crippen molar-refractivity contribution < 1.29 is 9.53 Å². The number of nitrogens with zero attached hydrogens (tertiary/aromatic N) is 1. The molecule has 6 heteroatoms. The van der Waals surface area contributed by atoms with Gasteiger partial charge in [-0.15, -0.1) is 0 Å². The van der Waals surface area contributed by atoms with Crippen molar-refractivity contribution in [2.45, 2.75) is 64.0 Å². The molecule has 3 aromatic rings. The maximum atomic E-state index is 12.8. The van der Waals surface area contributed by atoms with Gasteiger partial charge in [-0.05, 0) is 55.5 Å². The molecular weight excluding hydrogens is 479 g/mol. The van der Waals surface area contributed by atoms with Crippen LogP contribution in [0.4, 0.5) is 0 Å². The number of rotatable bonds is 4. The van der Waals surface area contributed by atoms with Crippen LogP contribution in [0.2, 0.25) is 10.0 Å². The lowest BCUT2D eigenvalue weighted by Crippen LogP contribution is -2.47. The van der Waals surface area contributed by atoms with E-state index in [1.165, 1.54) is 6.42 Å². The summed E-state index contributed by atoms with van der Waals surface area (Å²) < 4.78 is 6.72. The summed E-state index contributed by atoms with van der Waals surface area (Å²) in [4.78, 5) is 17.9. The van der Waals surface area contributed by atoms with Gasteiger partial charge in [-0.25, -0.2) is 4.98 Å². The summed E-state index contributed by atoms with van der Waals surface area (Å²) in [6.45, 7) is 3.84. The minimum absolute atomic E-state index is 0.0389. The molecule has 1 aromatic heterocycles. The van der Waals surface area contributed by atoms with Crippen LogP contribution in [0.3, 0.4) is 0 Å². The quantitative estimate of drug-likeness (QED) is 0.388. The van der Waals surface area contributed by atoms with Crippen molar-refractivity contribution in [3.8, 4) is 28.3 Å². The molecule has 182 valence electrons. The second-order valence-corrected chi connectivity index (χ2v) is 10.9. The maximum Gasteiger partial charge on any atom is 0.223 e. The predicted octanol–water partition coefficient (Wildman–Crippen LogP) is 8.02. The Bertz CT molecular complexity index is 1230. The summed E-state index contributed by atoms with van der Waals surface area (Å²) in [5.74, 6) is 0.534. The molecule has 1 saturated carbocycles. The fourth-order valence-electron chi connectivity index (χ4n) is 5.25. The first-order chi connectivity index (χ1) is 16.8. The highest BCUT2D eigenvalue weighted by molar-refractivity contribution is 6.33. The number of pyridine rings is 1. The summed E-state index contributed by atoms with van der Waals surface area (Å²) >= 11 is 12.8. The Morgan fingerprint density at radius 3 is 2.43 bits per heavy atom. The second kappa shape index (κ2) is 9.83. The molecule has 1 spiro atoms. The number of ether oxygens (including phenoxy) is 1. The highest BCUT2D eigenvalue weighted by Gasteiger charge is 2.43. The van der Waals surface area contributed by atoms with Gasteiger partial charge in [0.2, 0.25) is 11.8 Å². The number of benzene rings is 2. The van der Waals surface area contributed by atoms with Crippen LogP contribution >= 0.6 is 23.2 Å². The molecule has 1 aliphatic heterocycles. The van der Waals surface area contributed by atoms with Gasteiger partial charge in [0.15, 0.2) is 0 Å². The Hall–Kier alpha value is -2.56. The third kappa shape index (κ3) is 4.92. The van der Waals surface area contributed by atoms with Crippen LogP contribution in [-0.4, -0.2) is 16.5 Å². The zero-order valence-electron chi connectivity index (χ0n) is 20.1. The Kier molecular flexibility index (Phi) is 6.78. The maximum absolute atomic E-state index is 12.8. The van der Waals surface area contributed by atoms with Crippen LogP contribution in [0, 0.1) is 5.92 Å². The van der Waals surface area contributed by atoms with Crippen LogP contribution in [-0.2, 0) is 4.79 Å². The summed E-state index contributed by atoms with van der Waals surface area (Å²) in [6.07, 6.45) is 6.17. The number of amides is 1. The number of carbonyl (C=O) groups is 1. The van der Waals surface area contributed by atoms with E-state index in [2.05, 4.69) is 11.4 Å². The molecule has 1 aliphatic carbocycles. The first-order valence-corrected chi connectivity index (χ1v) is 13.2. The Balaban J connectivity index is 1.70. The number of nitrogens with one attached hydrogen (secondary N) is 1. The van der Waals surface area contributed by atoms with Crippen molar-refractivity contribution in [3.05, 3.63) is 70.2 Å². The van der Waals surface area contributed by atoms with Crippen LogP contribution in [0.5, 0.6) is 5.88 Å². The van der Waals surface area contributed by atoms with Crippen LogP contribution in [0.25, 0.3) is 22.4 Å². The number of fused-ring (bicyclic) bond motifs is 1. The van der Waals surface area contributed by atoms with Gasteiger partial charge in [0.1, 0.15) is 5.60 Å². The third-order valence-corrected chi connectivity index (χ3v) is 7.75. The molecule has 1 amide bonds. The Labute approximate surface area is 217 Å². The minimum atomic E-state index is -0.299. The molecular formula is C29H30Cl2N2O2. The lowest BCUT2D eigenvalue weighted by atomic mass is 9.77. The Morgan fingerprint density at radius 2 is 1.74 bits per heavy atom. The molecule has 0 bridgehead atoms. The number of hydrogen-bond donors (Lipinski definition) is 1. The molecule has 1 atom stereocenters. The molecule has 2 aliphatic rings. The lowest BCUT2D eigenvalue weighted by Gasteiger charge is -2.44. The first-order valence-electron chi connectivity index (χ1n) is 12.4. The molecule has 1 unspecified atom stereocenters. The zero-order valence-corrected chi connectivity index (χ0v) is 21.6. The van der Waals surface area contributed by atoms with E-state index in [1.807, 2.05) is 62.4 Å². The van der Waals surface area contributed by atoms with Crippen LogP contribution in [0.1, 0.15) is 64.0 Å². The number of aromatic nitrogens is 1. The molecule has 2 aromatic carbocycles. The lowest BCUT2D eigenvalue weighted by molar-refractivity contribution is -0.125. The number of halogens is 2. The molecule has 35 heavy (non-hydrogen) atoms. The van der Waals surface area contributed by atoms with Crippen molar-refractivity contribution in [1.82, 2.24) is 10.3 Å². The monoisotopic (exact) mass is 508 g/mol. The van der Waals surface area contributed by atoms with Crippen molar-refractivity contribution in [2.75, 3.05) is 0 Å². The highest BCUT2D eigenvalue weighted by atomic mass is 35.5. The second-order valence-electron chi connectivity index (χ2n) is 10.0. The number of carbonyl (C=O) groups excluding carboxylic acids is 1.